The Morgan fingerprint density at radius 1 is 1.21 bits per heavy atom. The van der Waals surface area contributed by atoms with Gasteiger partial charge < -0.3 is 10.2 Å². The van der Waals surface area contributed by atoms with E-state index in [9.17, 15) is 4.79 Å². The normalized spacial score (nSPS) is 16.3. The van der Waals surface area contributed by atoms with E-state index in [1.807, 2.05) is 32.0 Å². The van der Waals surface area contributed by atoms with E-state index in [1.54, 1.807) is 0 Å². The molecule has 0 radical (unpaired) electrons. The van der Waals surface area contributed by atoms with E-state index >= 15 is 0 Å². The van der Waals surface area contributed by atoms with E-state index < -0.39 is 0 Å². The molecule has 0 saturated carbocycles. The molecule has 1 fully saturated rings. The Morgan fingerprint density at radius 3 is 2.68 bits per heavy atom. The first-order valence-electron chi connectivity index (χ1n) is 7.25. The second-order valence-corrected chi connectivity index (χ2v) is 5.41. The molecule has 19 heavy (non-hydrogen) atoms. The molecule has 0 atom stereocenters. The van der Waals surface area contributed by atoms with Gasteiger partial charge in [0.1, 0.15) is 0 Å². The average Bonchev–Trinajstić information content (AvgIpc) is 2.43. The summed E-state index contributed by atoms with van der Waals surface area (Å²) in [5, 5.41) is 3.03. The Hall–Kier alpha value is -1.35. The van der Waals surface area contributed by atoms with E-state index in [1.165, 1.54) is 37.9 Å². The molecule has 1 N–H and O–H groups in total. The predicted octanol–water partition coefficient (Wildman–Crippen LogP) is 2.52. The first kappa shape index (κ1) is 14.1. The van der Waals surface area contributed by atoms with Crippen LogP contribution in [0.25, 0.3) is 0 Å². The Labute approximate surface area is 116 Å². The van der Waals surface area contributed by atoms with Gasteiger partial charge in [-0.2, -0.15) is 0 Å². The van der Waals surface area contributed by atoms with Crippen molar-refractivity contribution in [3.63, 3.8) is 0 Å². The zero-order valence-electron chi connectivity index (χ0n) is 12.0. The average molecular weight is 260 g/mol. The summed E-state index contributed by atoms with van der Waals surface area (Å²) in [6, 6.07) is 5.89. The van der Waals surface area contributed by atoms with Crippen LogP contribution >= 0.6 is 0 Å². The number of likely N-dealkylation sites (tertiary alicyclic amines) is 1. The molecule has 1 heterocycles. The highest BCUT2D eigenvalue weighted by Crippen LogP contribution is 2.12. The third-order valence-corrected chi connectivity index (χ3v) is 4.01. The van der Waals surface area contributed by atoms with Crippen LogP contribution in [0.15, 0.2) is 18.2 Å². The minimum Gasteiger partial charge on any atom is -0.351 e. The molecule has 0 aliphatic carbocycles. The summed E-state index contributed by atoms with van der Waals surface area (Å²) in [5.74, 6) is 0.0539. The maximum atomic E-state index is 12.1. The molecule has 1 aliphatic rings. The second kappa shape index (κ2) is 6.71. The lowest BCUT2D eigenvalue weighted by Gasteiger charge is -2.26. The highest BCUT2D eigenvalue weighted by molar-refractivity contribution is 5.95. The number of piperidine rings is 1. The monoisotopic (exact) mass is 260 g/mol. The molecule has 0 spiro atoms. The van der Waals surface area contributed by atoms with Gasteiger partial charge in [0.2, 0.25) is 0 Å². The predicted molar refractivity (Wildman–Crippen MR) is 78.5 cm³/mol. The van der Waals surface area contributed by atoms with E-state index in [2.05, 4.69) is 10.2 Å². The summed E-state index contributed by atoms with van der Waals surface area (Å²) in [5.41, 5.74) is 3.06. The van der Waals surface area contributed by atoms with Crippen molar-refractivity contribution < 1.29 is 4.79 Å². The number of benzene rings is 1. The van der Waals surface area contributed by atoms with Gasteiger partial charge in [0.05, 0.1) is 0 Å². The molecular weight excluding hydrogens is 236 g/mol. The van der Waals surface area contributed by atoms with E-state index in [0.29, 0.717) is 0 Å². The largest absolute Gasteiger partial charge is 0.351 e. The Kier molecular flexibility index (Phi) is 4.97. The topological polar surface area (TPSA) is 32.3 Å². The number of carbonyl (C=O) groups excluding carboxylic acids is 1. The lowest BCUT2D eigenvalue weighted by Crippen LogP contribution is -2.37. The van der Waals surface area contributed by atoms with Gasteiger partial charge in [0, 0.05) is 18.7 Å². The minimum absolute atomic E-state index is 0.0539. The Bertz CT molecular complexity index is 436. The van der Waals surface area contributed by atoms with Gasteiger partial charge >= 0.3 is 0 Å². The van der Waals surface area contributed by atoms with Crippen LogP contribution in [0.3, 0.4) is 0 Å². The third-order valence-electron chi connectivity index (χ3n) is 4.01. The number of aryl methyl sites for hydroxylation is 1. The summed E-state index contributed by atoms with van der Waals surface area (Å²) in [4.78, 5) is 14.6. The fourth-order valence-corrected chi connectivity index (χ4v) is 2.60. The first-order valence-corrected chi connectivity index (χ1v) is 7.25. The van der Waals surface area contributed by atoms with Crippen molar-refractivity contribution in [2.24, 2.45) is 0 Å². The van der Waals surface area contributed by atoms with Crippen LogP contribution in [-0.4, -0.2) is 37.0 Å². The lowest BCUT2D eigenvalue weighted by atomic mass is 10.0. The Balaban J connectivity index is 1.82. The van der Waals surface area contributed by atoms with Gasteiger partial charge in [0.25, 0.3) is 5.91 Å². The van der Waals surface area contributed by atoms with Crippen molar-refractivity contribution in [1.29, 1.82) is 0 Å². The van der Waals surface area contributed by atoms with Crippen molar-refractivity contribution in [2.45, 2.75) is 33.1 Å². The van der Waals surface area contributed by atoms with Crippen molar-refractivity contribution in [2.75, 3.05) is 26.2 Å². The van der Waals surface area contributed by atoms with Gasteiger partial charge in [-0.15, -0.1) is 0 Å². The molecule has 1 saturated heterocycles. The summed E-state index contributed by atoms with van der Waals surface area (Å²) in [7, 11) is 0. The third kappa shape index (κ3) is 3.80. The standard InChI is InChI=1S/C16H24N2O/c1-13-7-6-8-15(14(13)2)16(19)17-9-12-18-10-4-3-5-11-18/h6-8H,3-5,9-12H2,1-2H3,(H,17,19). The van der Waals surface area contributed by atoms with E-state index in [4.69, 9.17) is 0 Å². The fourth-order valence-electron chi connectivity index (χ4n) is 2.60. The van der Waals surface area contributed by atoms with Crippen LogP contribution in [0.5, 0.6) is 0 Å². The highest BCUT2D eigenvalue weighted by Gasteiger charge is 2.12. The van der Waals surface area contributed by atoms with Gasteiger partial charge in [-0.1, -0.05) is 18.6 Å². The molecule has 2 rings (SSSR count). The zero-order chi connectivity index (χ0) is 13.7. The molecule has 0 unspecified atom stereocenters. The quantitative estimate of drug-likeness (QED) is 0.902. The number of hydrogen-bond acceptors (Lipinski definition) is 2. The molecule has 104 valence electrons. The molecule has 1 aliphatic heterocycles. The zero-order valence-corrected chi connectivity index (χ0v) is 12.0. The van der Waals surface area contributed by atoms with Crippen LogP contribution < -0.4 is 5.32 Å². The van der Waals surface area contributed by atoms with E-state index in [-0.39, 0.29) is 5.91 Å². The summed E-state index contributed by atoms with van der Waals surface area (Å²) < 4.78 is 0. The van der Waals surface area contributed by atoms with Crippen molar-refractivity contribution in [3.8, 4) is 0 Å². The van der Waals surface area contributed by atoms with Crippen LogP contribution in [0.1, 0.15) is 40.7 Å². The maximum absolute atomic E-state index is 12.1. The lowest BCUT2D eigenvalue weighted by molar-refractivity contribution is 0.0946. The molecule has 1 amide bonds. The second-order valence-electron chi connectivity index (χ2n) is 5.41. The van der Waals surface area contributed by atoms with Crippen LogP contribution in [0.4, 0.5) is 0 Å². The van der Waals surface area contributed by atoms with E-state index in [0.717, 1.165) is 24.2 Å². The van der Waals surface area contributed by atoms with Gasteiger partial charge in [-0.25, -0.2) is 0 Å². The number of nitrogens with one attached hydrogen (secondary N) is 1. The molecular formula is C16H24N2O. The molecule has 1 aromatic carbocycles. The number of nitrogens with zero attached hydrogens (tertiary/aromatic N) is 1. The van der Waals surface area contributed by atoms with Gasteiger partial charge in [-0.3, -0.25) is 4.79 Å². The van der Waals surface area contributed by atoms with Crippen molar-refractivity contribution >= 4 is 5.91 Å². The maximum Gasteiger partial charge on any atom is 0.251 e. The molecule has 0 bridgehead atoms. The Morgan fingerprint density at radius 2 is 1.95 bits per heavy atom. The summed E-state index contributed by atoms with van der Waals surface area (Å²) >= 11 is 0. The number of rotatable bonds is 4. The number of carbonyl (C=O) groups is 1. The summed E-state index contributed by atoms with van der Waals surface area (Å²) in [6.45, 7) is 8.12. The fraction of sp³-hybridized carbons (Fsp3) is 0.562. The molecule has 0 aromatic heterocycles. The van der Waals surface area contributed by atoms with Crippen LogP contribution in [0, 0.1) is 13.8 Å². The van der Waals surface area contributed by atoms with Crippen molar-refractivity contribution in [3.05, 3.63) is 34.9 Å². The minimum atomic E-state index is 0.0539. The molecule has 1 aromatic rings. The molecule has 3 nitrogen and oxygen atoms in total. The SMILES string of the molecule is Cc1cccc(C(=O)NCCN2CCCCC2)c1C. The first-order chi connectivity index (χ1) is 9.18. The van der Waals surface area contributed by atoms with Crippen molar-refractivity contribution in [1.82, 2.24) is 10.2 Å². The van der Waals surface area contributed by atoms with Crippen LogP contribution in [-0.2, 0) is 0 Å². The van der Waals surface area contributed by atoms with Gasteiger partial charge in [0.15, 0.2) is 0 Å². The smallest absolute Gasteiger partial charge is 0.251 e. The van der Waals surface area contributed by atoms with Crippen LogP contribution in [0.2, 0.25) is 0 Å². The summed E-state index contributed by atoms with van der Waals surface area (Å²) in [6.07, 6.45) is 3.95. The highest BCUT2D eigenvalue weighted by atomic mass is 16.1. The van der Waals surface area contributed by atoms with Gasteiger partial charge in [-0.05, 0) is 57.0 Å². The number of amides is 1. The molecule has 3 heteroatoms. The number of hydrogen-bond donors (Lipinski definition) is 1.